The molecule has 2 heterocycles. The first kappa shape index (κ1) is 10.9. The molecule has 0 radical (unpaired) electrons. The van der Waals surface area contributed by atoms with Gasteiger partial charge in [0.05, 0.1) is 5.69 Å². The van der Waals surface area contributed by atoms with Crippen molar-refractivity contribution in [2.24, 2.45) is 0 Å². The summed E-state index contributed by atoms with van der Waals surface area (Å²) in [6.07, 6.45) is 1.17. The lowest BCUT2D eigenvalue weighted by molar-refractivity contribution is -0.146. The van der Waals surface area contributed by atoms with Crippen LogP contribution in [0.5, 0.6) is 0 Å². The van der Waals surface area contributed by atoms with Crippen molar-refractivity contribution in [3.8, 4) is 0 Å². The Kier molecular flexibility index (Phi) is 2.59. The monoisotopic (exact) mass is 224 g/mol. The molecule has 6 nitrogen and oxygen atoms in total. The Morgan fingerprint density at radius 2 is 2.25 bits per heavy atom. The van der Waals surface area contributed by atoms with Crippen molar-refractivity contribution in [2.75, 3.05) is 25.9 Å². The molecule has 0 atom stereocenters. The fraction of sp³-hybridized carbons (Fsp3) is 0.600. The molecule has 1 saturated heterocycles. The molecule has 0 saturated carbocycles. The SMILES string of the molecule is CN1CCC(C(=O)O)(c2cc(N)n[nH]2)CC1. The van der Waals surface area contributed by atoms with E-state index < -0.39 is 11.4 Å². The maximum atomic E-state index is 11.5. The molecule has 0 amide bonds. The van der Waals surface area contributed by atoms with Crippen molar-refractivity contribution in [2.45, 2.75) is 18.3 Å². The van der Waals surface area contributed by atoms with Gasteiger partial charge in [0.2, 0.25) is 0 Å². The second-order valence-corrected chi connectivity index (χ2v) is 4.40. The van der Waals surface area contributed by atoms with E-state index in [2.05, 4.69) is 15.1 Å². The van der Waals surface area contributed by atoms with E-state index in [4.69, 9.17) is 5.73 Å². The number of carboxylic acid groups (broad SMARTS) is 1. The number of hydrogen-bond acceptors (Lipinski definition) is 4. The third-order valence-electron chi connectivity index (χ3n) is 3.36. The molecule has 0 aromatic carbocycles. The Morgan fingerprint density at radius 1 is 1.62 bits per heavy atom. The van der Waals surface area contributed by atoms with Crippen LogP contribution in [0.4, 0.5) is 5.82 Å². The highest BCUT2D eigenvalue weighted by Gasteiger charge is 2.44. The topological polar surface area (TPSA) is 95.2 Å². The first-order valence-electron chi connectivity index (χ1n) is 5.28. The van der Waals surface area contributed by atoms with Gasteiger partial charge < -0.3 is 15.7 Å². The zero-order chi connectivity index (χ0) is 11.8. The summed E-state index contributed by atoms with van der Waals surface area (Å²) < 4.78 is 0. The maximum Gasteiger partial charge on any atom is 0.315 e. The minimum Gasteiger partial charge on any atom is -0.481 e. The van der Waals surface area contributed by atoms with Crippen LogP contribution in [0.3, 0.4) is 0 Å². The van der Waals surface area contributed by atoms with E-state index in [1.54, 1.807) is 6.07 Å². The highest BCUT2D eigenvalue weighted by molar-refractivity contribution is 5.81. The van der Waals surface area contributed by atoms with E-state index in [1.807, 2.05) is 7.05 Å². The molecule has 1 aliphatic heterocycles. The third-order valence-corrected chi connectivity index (χ3v) is 3.36. The van der Waals surface area contributed by atoms with Crippen molar-refractivity contribution < 1.29 is 9.90 Å². The number of aliphatic carboxylic acids is 1. The fourth-order valence-corrected chi connectivity index (χ4v) is 2.18. The molecular formula is C10H16N4O2. The zero-order valence-corrected chi connectivity index (χ0v) is 9.23. The van der Waals surface area contributed by atoms with Crippen LogP contribution in [0.1, 0.15) is 18.5 Å². The normalized spacial score (nSPS) is 20.8. The maximum absolute atomic E-state index is 11.5. The van der Waals surface area contributed by atoms with Crippen LogP contribution in [0, 0.1) is 0 Å². The van der Waals surface area contributed by atoms with Crippen molar-refractivity contribution in [3.63, 3.8) is 0 Å². The minimum atomic E-state index is -0.850. The Labute approximate surface area is 93.4 Å². The number of aromatic nitrogens is 2. The number of anilines is 1. The van der Waals surface area contributed by atoms with E-state index in [9.17, 15) is 9.90 Å². The molecule has 6 heteroatoms. The number of aromatic amines is 1. The Hall–Kier alpha value is -1.56. The molecule has 2 rings (SSSR count). The van der Waals surface area contributed by atoms with Gasteiger partial charge >= 0.3 is 5.97 Å². The molecule has 1 aromatic rings. The number of carboxylic acids is 1. The third kappa shape index (κ3) is 1.65. The van der Waals surface area contributed by atoms with E-state index >= 15 is 0 Å². The Bertz CT molecular complexity index is 393. The number of nitrogen functional groups attached to an aromatic ring is 1. The van der Waals surface area contributed by atoms with Gasteiger partial charge in [0, 0.05) is 6.07 Å². The molecule has 88 valence electrons. The number of rotatable bonds is 2. The molecule has 16 heavy (non-hydrogen) atoms. The number of nitrogens with two attached hydrogens (primary N) is 1. The zero-order valence-electron chi connectivity index (χ0n) is 9.23. The van der Waals surface area contributed by atoms with Crippen molar-refractivity contribution >= 4 is 11.8 Å². The fourth-order valence-electron chi connectivity index (χ4n) is 2.18. The van der Waals surface area contributed by atoms with E-state index in [1.165, 1.54) is 0 Å². The minimum absolute atomic E-state index is 0.342. The number of hydrogen-bond donors (Lipinski definition) is 3. The largest absolute Gasteiger partial charge is 0.481 e. The van der Waals surface area contributed by atoms with E-state index in [0.29, 0.717) is 24.4 Å². The lowest BCUT2D eigenvalue weighted by atomic mass is 9.76. The van der Waals surface area contributed by atoms with Crippen LogP contribution in [0.25, 0.3) is 0 Å². The summed E-state index contributed by atoms with van der Waals surface area (Å²) in [4.78, 5) is 13.6. The molecule has 4 N–H and O–H groups in total. The van der Waals surface area contributed by atoms with Crippen molar-refractivity contribution in [3.05, 3.63) is 11.8 Å². The average Bonchev–Trinajstić information content (AvgIpc) is 2.66. The van der Waals surface area contributed by atoms with Gasteiger partial charge in [-0.15, -0.1) is 0 Å². The molecule has 0 spiro atoms. The summed E-state index contributed by atoms with van der Waals surface area (Å²) >= 11 is 0. The quantitative estimate of drug-likeness (QED) is 0.659. The predicted molar refractivity (Wildman–Crippen MR) is 59.0 cm³/mol. The average molecular weight is 224 g/mol. The summed E-state index contributed by atoms with van der Waals surface area (Å²) in [5, 5.41) is 16.0. The van der Waals surface area contributed by atoms with Crippen molar-refractivity contribution in [1.29, 1.82) is 0 Å². The van der Waals surface area contributed by atoms with Gasteiger partial charge in [0.25, 0.3) is 0 Å². The summed E-state index contributed by atoms with van der Waals surface area (Å²) in [6.45, 7) is 1.54. The number of carbonyl (C=O) groups is 1. The van der Waals surface area contributed by atoms with Gasteiger partial charge in [0.15, 0.2) is 0 Å². The van der Waals surface area contributed by atoms with Crippen LogP contribution in [0.15, 0.2) is 6.07 Å². The number of nitrogens with one attached hydrogen (secondary N) is 1. The second-order valence-electron chi connectivity index (χ2n) is 4.40. The van der Waals surface area contributed by atoms with Gasteiger partial charge in [-0.1, -0.05) is 0 Å². The van der Waals surface area contributed by atoms with E-state index in [-0.39, 0.29) is 0 Å². The summed E-state index contributed by atoms with van der Waals surface area (Å²) in [5.41, 5.74) is 5.29. The van der Waals surface area contributed by atoms with Crippen LogP contribution in [0.2, 0.25) is 0 Å². The Balaban J connectivity index is 2.33. The highest BCUT2D eigenvalue weighted by atomic mass is 16.4. The van der Waals surface area contributed by atoms with Crippen LogP contribution >= 0.6 is 0 Å². The number of nitrogens with zero attached hydrogens (tertiary/aromatic N) is 2. The van der Waals surface area contributed by atoms with Gasteiger partial charge in [-0.05, 0) is 33.0 Å². The first-order valence-corrected chi connectivity index (χ1v) is 5.28. The summed E-state index contributed by atoms with van der Waals surface area (Å²) in [6, 6.07) is 1.62. The Morgan fingerprint density at radius 3 is 2.69 bits per heavy atom. The second kappa shape index (κ2) is 3.79. The van der Waals surface area contributed by atoms with Gasteiger partial charge in [-0.25, -0.2) is 0 Å². The van der Waals surface area contributed by atoms with Gasteiger partial charge in [-0.2, -0.15) is 5.10 Å². The molecule has 1 aromatic heterocycles. The summed E-state index contributed by atoms with van der Waals surface area (Å²) in [7, 11) is 1.99. The molecule has 0 aliphatic carbocycles. The first-order chi connectivity index (χ1) is 7.54. The lowest BCUT2D eigenvalue weighted by Crippen LogP contribution is -2.46. The van der Waals surface area contributed by atoms with E-state index in [0.717, 1.165) is 13.1 Å². The van der Waals surface area contributed by atoms with Crippen LogP contribution < -0.4 is 5.73 Å². The standard InChI is InChI=1S/C10H16N4O2/c1-14-4-2-10(3-5-14,9(15)16)7-6-8(11)13-12-7/h6H,2-5H2,1H3,(H,15,16)(H3,11,12,13). The number of likely N-dealkylation sites (tertiary alicyclic amines) is 1. The number of H-pyrrole nitrogens is 1. The number of piperidine rings is 1. The molecule has 1 aliphatic rings. The predicted octanol–water partition coefficient (Wildman–Crippen LogP) is 0.0399. The van der Waals surface area contributed by atoms with Crippen LogP contribution in [-0.2, 0) is 10.2 Å². The molecular weight excluding hydrogens is 208 g/mol. The van der Waals surface area contributed by atoms with Gasteiger partial charge in [-0.3, -0.25) is 9.89 Å². The smallest absolute Gasteiger partial charge is 0.315 e. The lowest BCUT2D eigenvalue weighted by Gasteiger charge is -2.36. The van der Waals surface area contributed by atoms with Crippen molar-refractivity contribution in [1.82, 2.24) is 15.1 Å². The molecule has 0 bridgehead atoms. The van der Waals surface area contributed by atoms with Crippen LogP contribution in [-0.4, -0.2) is 46.3 Å². The van der Waals surface area contributed by atoms with Gasteiger partial charge in [0.1, 0.15) is 11.2 Å². The molecule has 1 fully saturated rings. The highest BCUT2D eigenvalue weighted by Crippen LogP contribution is 2.34. The summed E-state index contributed by atoms with van der Waals surface area (Å²) in [5.74, 6) is -0.459. The molecule has 0 unspecified atom stereocenters.